The van der Waals surface area contributed by atoms with Crippen LogP contribution < -0.4 is 5.32 Å². The van der Waals surface area contributed by atoms with Crippen LogP contribution in [0.2, 0.25) is 0 Å². The van der Waals surface area contributed by atoms with Crippen LogP contribution in [0.1, 0.15) is 20.8 Å². The van der Waals surface area contributed by atoms with Gasteiger partial charge in [0.1, 0.15) is 0 Å². The Labute approximate surface area is 100 Å². The molecule has 2 unspecified atom stereocenters. The Morgan fingerprint density at radius 1 is 1.50 bits per heavy atom. The molecule has 2 atom stereocenters. The number of nitrogens with one attached hydrogen (secondary N) is 1. The molecule has 16 heavy (non-hydrogen) atoms. The summed E-state index contributed by atoms with van der Waals surface area (Å²) in [4.78, 5) is 24.4. The summed E-state index contributed by atoms with van der Waals surface area (Å²) >= 11 is 5.92. The fourth-order valence-electron chi connectivity index (χ4n) is 1.57. The van der Waals surface area contributed by atoms with Crippen molar-refractivity contribution in [2.45, 2.75) is 32.4 Å². The molecule has 0 saturated carbocycles. The maximum absolute atomic E-state index is 11.6. The van der Waals surface area contributed by atoms with Crippen molar-refractivity contribution < 1.29 is 14.3 Å². The first-order valence-electron chi connectivity index (χ1n) is 5.34. The van der Waals surface area contributed by atoms with E-state index in [4.69, 9.17) is 16.3 Å². The van der Waals surface area contributed by atoms with Gasteiger partial charge < -0.3 is 4.74 Å². The monoisotopic (exact) mass is 248 g/mol. The van der Waals surface area contributed by atoms with Crippen molar-refractivity contribution in [2.24, 2.45) is 5.92 Å². The van der Waals surface area contributed by atoms with Crippen molar-refractivity contribution in [1.82, 2.24) is 10.2 Å². The molecule has 0 aromatic heterocycles. The van der Waals surface area contributed by atoms with Gasteiger partial charge in [0.2, 0.25) is 0 Å². The Hall–Kier alpha value is -0.810. The topological polar surface area (TPSA) is 58.6 Å². The van der Waals surface area contributed by atoms with Crippen molar-refractivity contribution >= 4 is 23.5 Å². The van der Waals surface area contributed by atoms with Crippen molar-refractivity contribution in [2.75, 3.05) is 13.2 Å². The highest BCUT2D eigenvalue weighted by Crippen LogP contribution is 2.19. The molecule has 0 spiro atoms. The van der Waals surface area contributed by atoms with Gasteiger partial charge in [0, 0.05) is 13.2 Å². The summed E-state index contributed by atoms with van der Waals surface area (Å²) in [5.74, 6) is -0.212. The fourth-order valence-corrected chi connectivity index (χ4v) is 1.84. The smallest absolute Gasteiger partial charge is 0.326 e. The molecule has 3 amide bonds. The number of halogens is 1. The van der Waals surface area contributed by atoms with Gasteiger partial charge >= 0.3 is 6.03 Å². The van der Waals surface area contributed by atoms with E-state index in [0.29, 0.717) is 13.2 Å². The van der Waals surface area contributed by atoms with Gasteiger partial charge in [-0.3, -0.25) is 15.0 Å². The maximum atomic E-state index is 11.6. The molecule has 1 rings (SSSR count). The number of hydrogen-bond donors (Lipinski definition) is 1. The lowest BCUT2D eigenvalue weighted by Crippen LogP contribution is -2.62. The number of hydrogen-bond acceptors (Lipinski definition) is 3. The molecule has 1 aliphatic heterocycles. The summed E-state index contributed by atoms with van der Waals surface area (Å²) in [6.07, 6.45) is -0.671. The molecule has 0 aliphatic carbocycles. The Morgan fingerprint density at radius 2 is 2.12 bits per heavy atom. The maximum Gasteiger partial charge on any atom is 0.326 e. The molecule has 1 saturated heterocycles. The number of nitrogens with zero attached hydrogens (tertiary/aromatic N) is 1. The average Bonchev–Trinajstić information content (AvgIpc) is 2.19. The number of imide groups is 1. The van der Waals surface area contributed by atoms with Crippen LogP contribution >= 0.6 is 11.6 Å². The largest absolute Gasteiger partial charge is 0.356 e. The van der Waals surface area contributed by atoms with E-state index in [0.717, 1.165) is 0 Å². The van der Waals surface area contributed by atoms with E-state index >= 15 is 0 Å². The zero-order valence-corrected chi connectivity index (χ0v) is 10.5. The molecule has 1 heterocycles. The Bertz CT molecular complexity index is 283. The predicted octanol–water partition coefficient (Wildman–Crippen LogP) is 1.16. The molecule has 1 aliphatic rings. The van der Waals surface area contributed by atoms with Crippen LogP contribution in [-0.4, -0.2) is 41.6 Å². The van der Waals surface area contributed by atoms with Crippen LogP contribution in [0.3, 0.4) is 0 Å². The predicted molar refractivity (Wildman–Crippen MR) is 60.1 cm³/mol. The first kappa shape index (κ1) is 13.3. The van der Waals surface area contributed by atoms with E-state index in [2.05, 4.69) is 5.32 Å². The number of alkyl halides is 1. The van der Waals surface area contributed by atoms with Gasteiger partial charge in [0.15, 0.2) is 11.6 Å². The number of carbonyl (C=O) groups excluding carboxylic acids is 2. The number of urea groups is 1. The van der Waals surface area contributed by atoms with Crippen molar-refractivity contribution in [3.8, 4) is 0 Å². The second-order valence-electron chi connectivity index (χ2n) is 4.09. The molecule has 1 fully saturated rings. The van der Waals surface area contributed by atoms with Gasteiger partial charge in [0.25, 0.3) is 5.91 Å². The molecule has 1 N–H and O–H groups in total. The number of amides is 3. The van der Waals surface area contributed by atoms with Crippen LogP contribution in [0, 0.1) is 5.92 Å². The quantitative estimate of drug-likeness (QED) is 0.760. The van der Waals surface area contributed by atoms with Crippen LogP contribution in [0.4, 0.5) is 4.79 Å². The highest BCUT2D eigenvalue weighted by Gasteiger charge is 2.40. The molecule has 0 radical (unpaired) electrons. The number of rotatable bonds is 4. The summed E-state index contributed by atoms with van der Waals surface area (Å²) in [6.45, 7) is 6.68. The first-order valence-corrected chi connectivity index (χ1v) is 5.78. The first-order chi connectivity index (χ1) is 7.47. The number of carbonyl (C=O) groups is 2. The molecule has 92 valence electrons. The molecule has 6 heteroatoms. The van der Waals surface area contributed by atoms with E-state index in [1.54, 1.807) is 6.92 Å². The van der Waals surface area contributed by atoms with E-state index in [9.17, 15) is 9.59 Å². The minimum atomic E-state index is -0.851. The zero-order valence-electron chi connectivity index (χ0n) is 9.70. The lowest BCUT2D eigenvalue weighted by Gasteiger charge is -2.38. The highest BCUT2D eigenvalue weighted by molar-refractivity contribution is 6.33. The highest BCUT2D eigenvalue weighted by atomic mass is 35.5. The van der Waals surface area contributed by atoms with E-state index < -0.39 is 23.5 Å². The van der Waals surface area contributed by atoms with E-state index in [1.807, 2.05) is 13.8 Å². The third-order valence-electron chi connectivity index (χ3n) is 2.20. The number of ether oxygens (including phenoxy) is 1. The lowest BCUT2D eigenvalue weighted by molar-refractivity contribution is -0.130. The van der Waals surface area contributed by atoms with Crippen molar-refractivity contribution in [3.05, 3.63) is 0 Å². The summed E-state index contributed by atoms with van der Waals surface area (Å²) in [7, 11) is 0. The van der Waals surface area contributed by atoms with Gasteiger partial charge in [-0.25, -0.2) is 4.79 Å². The van der Waals surface area contributed by atoms with Crippen LogP contribution in [0.5, 0.6) is 0 Å². The Morgan fingerprint density at radius 3 is 2.62 bits per heavy atom. The normalized spacial score (nSPS) is 26.2. The second kappa shape index (κ2) is 5.50. The fraction of sp³-hybridized carbons (Fsp3) is 0.800. The average molecular weight is 249 g/mol. The molecule has 0 bridgehead atoms. The summed E-state index contributed by atoms with van der Waals surface area (Å²) in [5, 5.41) is 1.36. The summed E-state index contributed by atoms with van der Waals surface area (Å²) in [5.41, 5.74) is 0. The van der Waals surface area contributed by atoms with Crippen molar-refractivity contribution in [3.63, 3.8) is 0 Å². The minimum absolute atomic E-state index is 0.283. The van der Waals surface area contributed by atoms with Gasteiger partial charge in [-0.2, -0.15) is 0 Å². The zero-order chi connectivity index (χ0) is 12.3. The van der Waals surface area contributed by atoms with Crippen LogP contribution in [0.25, 0.3) is 0 Å². The SMILES string of the molecule is CCOC1C(Cl)C(=O)NC(=O)N1CC(C)C. The van der Waals surface area contributed by atoms with Gasteiger partial charge in [-0.15, -0.1) is 11.6 Å². The van der Waals surface area contributed by atoms with E-state index in [1.165, 1.54) is 4.90 Å². The lowest BCUT2D eigenvalue weighted by atomic mass is 10.1. The Kier molecular flexibility index (Phi) is 4.56. The molecular formula is C10H17ClN2O3. The molecular weight excluding hydrogens is 232 g/mol. The standard InChI is InChI=1S/C10H17ClN2O3/c1-4-16-9-7(11)8(14)12-10(15)13(9)5-6(2)3/h6-7,9H,4-5H2,1-3H3,(H,12,14,15). The summed E-state index contributed by atoms with van der Waals surface area (Å²) in [6, 6.07) is -0.436. The second-order valence-corrected chi connectivity index (χ2v) is 4.56. The van der Waals surface area contributed by atoms with Gasteiger partial charge in [-0.1, -0.05) is 13.8 Å². The third kappa shape index (κ3) is 2.86. The minimum Gasteiger partial charge on any atom is -0.356 e. The molecule has 0 aromatic rings. The van der Waals surface area contributed by atoms with Crippen LogP contribution in [-0.2, 0) is 9.53 Å². The summed E-state index contributed by atoms with van der Waals surface area (Å²) < 4.78 is 5.36. The van der Waals surface area contributed by atoms with Gasteiger partial charge in [0.05, 0.1) is 0 Å². The van der Waals surface area contributed by atoms with E-state index in [-0.39, 0.29) is 5.92 Å². The third-order valence-corrected chi connectivity index (χ3v) is 2.61. The molecule has 0 aromatic carbocycles. The van der Waals surface area contributed by atoms with Gasteiger partial charge in [-0.05, 0) is 12.8 Å². The molecule has 5 nitrogen and oxygen atoms in total. The van der Waals surface area contributed by atoms with Crippen molar-refractivity contribution in [1.29, 1.82) is 0 Å². The van der Waals surface area contributed by atoms with Crippen LogP contribution in [0.15, 0.2) is 0 Å². The Balaban J connectivity index is 2.82.